The largest absolute Gasteiger partial charge is 0.468 e. The fourth-order valence-electron chi connectivity index (χ4n) is 2.85. The van der Waals surface area contributed by atoms with Gasteiger partial charge in [-0.1, -0.05) is 0 Å². The quantitative estimate of drug-likeness (QED) is 0.824. The summed E-state index contributed by atoms with van der Waals surface area (Å²) >= 11 is 0. The number of carbonyl (C=O) groups excluding carboxylic acids is 1. The van der Waals surface area contributed by atoms with Gasteiger partial charge in [0.2, 0.25) is 0 Å². The van der Waals surface area contributed by atoms with E-state index in [2.05, 4.69) is 21.8 Å². The highest BCUT2D eigenvalue weighted by atomic mass is 16.5. The topological polar surface area (TPSA) is 56.1 Å². The van der Waals surface area contributed by atoms with Gasteiger partial charge in [-0.05, 0) is 40.2 Å². The Morgan fingerprint density at radius 2 is 2.33 bits per heavy atom. The third-order valence-electron chi connectivity index (χ3n) is 4.22. The number of aryl methyl sites for hydroxylation is 1. The molecule has 1 fully saturated rings. The van der Waals surface area contributed by atoms with E-state index in [1.54, 1.807) is 0 Å². The Hall–Kier alpha value is -1.36. The lowest BCUT2D eigenvalue weighted by Crippen LogP contribution is -2.49. The normalized spacial score (nSPS) is 27.4. The lowest BCUT2D eigenvalue weighted by Gasteiger charge is -2.26. The van der Waals surface area contributed by atoms with E-state index < -0.39 is 5.54 Å². The van der Waals surface area contributed by atoms with E-state index in [9.17, 15) is 4.79 Å². The number of esters is 1. The van der Waals surface area contributed by atoms with E-state index in [1.807, 2.05) is 20.3 Å². The Morgan fingerprint density at radius 3 is 2.83 bits per heavy atom. The van der Waals surface area contributed by atoms with Gasteiger partial charge in [-0.15, -0.1) is 0 Å². The van der Waals surface area contributed by atoms with Crippen LogP contribution in [0.15, 0.2) is 6.33 Å². The number of imidazole rings is 1. The first-order valence-electron chi connectivity index (χ1n) is 6.31. The molecule has 1 aromatic heterocycles. The molecule has 5 nitrogen and oxygen atoms in total. The van der Waals surface area contributed by atoms with Crippen molar-refractivity contribution in [1.82, 2.24) is 14.9 Å². The number of aromatic nitrogens is 2. The molecule has 2 unspecified atom stereocenters. The maximum atomic E-state index is 11.9. The molecule has 0 saturated heterocycles. The van der Waals surface area contributed by atoms with Gasteiger partial charge in [-0.2, -0.15) is 0 Å². The fraction of sp³-hybridized carbons (Fsp3) is 0.692. The van der Waals surface area contributed by atoms with Crippen LogP contribution in [0.1, 0.15) is 36.7 Å². The third kappa shape index (κ3) is 1.92. The average molecular weight is 251 g/mol. The molecule has 0 aliphatic heterocycles. The molecule has 1 N–H and O–H groups in total. The van der Waals surface area contributed by atoms with Crippen LogP contribution in [-0.4, -0.2) is 35.2 Å². The zero-order valence-corrected chi connectivity index (χ0v) is 11.5. The molecular weight excluding hydrogens is 230 g/mol. The first kappa shape index (κ1) is 13.1. The van der Waals surface area contributed by atoms with Crippen LogP contribution < -0.4 is 5.32 Å². The van der Waals surface area contributed by atoms with Crippen LogP contribution in [-0.2, 0) is 9.53 Å². The maximum Gasteiger partial charge on any atom is 0.326 e. The Balaban J connectivity index is 2.21. The zero-order chi connectivity index (χ0) is 13.3. The smallest absolute Gasteiger partial charge is 0.326 e. The lowest BCUT2D eigenvalue weighted by atomic mass is 9.98. The second kappa shape index (κ2) is 4.72. The van der Waals surface area contributed by atoms with Crippen molar-refractivity contribution >= 4 is 5.97 Å². The highest BCUT2D eigenvalue weighted by Crippen LogP contribution is 2.39. The molecule has 100 valence electrons. The number of nitrogens with one attached hydrogen (secondary N) is 1. The second-order valence-corrected chi connectivity index (χ2v) is 5.04. The summed E-state index contributed by atoms with van der Waals surface area (Å²) in [5.41, 5.74) is 1.69. The monoisotopic (exact) mass is 251 g/mol. The van der Waals surface area contributed by atoms with Crippen molar-refractivity contribution in [2.45, 2.75) is 44.7 Å². The minimum atomic E-state index is -0.538. The Kier molecular flexibility index (Phi) is 3.43. The van der Waals surface area contributed by atoms with Crippen molar-refractivity contribution in [3.05, 3.63) is 17.7 Å². The molecule has 2 rings (SSSR count). The first-order chi connectivity index (χ1) is 8.54. The van der Waals surface area contributed by atoms with Crippen LogP contribution >= 0.6 is 0 Å². The number of rotatable bonds is 3. The van der Waals surface area contributed by atoms with Crippen molar-refractivity contribution in [1.29, 1.82) is 0 Å². The van der Waals surface area contributed by atoms with Gasteiger partial charge in [0.05, 0.1) is 19.1 Å². The summed E-state index contributed by atoms with van der Waals surface area (Å²) in [7, 11) is 3.27. The summed E-state index contributed by atoms with van der Waals surface area (Å²) < 4.78 is 7.10. The van der Waals surface area contributed by atoms with Crippen molar-refractivity contribution < 1.29 is 9.53 Å². The van der Waals surface area contributed by atoms with Crippen molar-refractivity contribution in [3.63, 3.8) is 0 Å². The molecule has 1 heterocycles. The molecular formula is C13H21N3O2. The number of hydrogen-bond donors (Lipinski definition) is 1. The molecule has 2 atom stereocenters. The molecule has 1 aromatic rings. The van der Waals surface area contributed by atoms with Gasteiger partial charge < -0.3 is 14.6 Å². The molecule has 5 heteroatoms. The highest BCUT2D eigenvalue weighted by molar-refractivity contribution is 5.81. The van der Waals surface area contributed by atoms with Crippen LogP contribution in [0.3, 0.4) is 0 Å². The van der Waals surface area contributed by atoms with Crippen LogP contribution in [0.2, 0.25) is 0 Å². The summed E-state index contributed by atoms with van der Waals surface area (Å²) in [6, 6.07) is 0.317. The molecule has 0 radical (unpaired) electrons. The molecule has 0 bridgehead atoms. The van der Waals surface area contributed by atoms with Crippen LogP contribution in [0.5, 0.6) is 0 Å². The van der Waals surface area contributed by atoms with Crippen molar-refractivity contribution in [3.8, 4) is 0 Å². The maximum absolute atomic E-state index is 11.9. The summed E-state index contributed by atoms with van der Waals surface area (Å²) in [5, 5.41) is 3.15. The minimum Gasteiger partial charge on any atom is -0.468 e. The SMILES string of the molecule is CNC1(C(=O)OC)CCC(n2cnc(C)c2C)C1. The number of nitrogens with zero attached hydrogens (tertiary/aromatic N) is 2. The van der Waals surface area contributed by atoms with Gasteiger partial charge in [0.15, 0.2) is 0 Å². The fourth-order valence-corrected chi connectivity index (χ4v) is 2.85. The van der Waals surface area contributed by atoms with E-state index in [1.165, 1.54) is 12.8 Å². The van der Waals surface area contributed by atoms with E-state index in [0.29, 0.717) is 6.04 Å². The number of carbonyl (C=O) groups is 1. The first-order valence-corrected chi connectivity index (χ1v) is 6.31. The van der Waals surface area contributed by atoms with Gasteiger partial charge >= 0.3 is 5.97 Å². The van der Waals surface area contributed by atoms with E-state index in [4.69, 9.17) is 4.74 Å². The van der Waals surface area contributed by atoms with Crippen LogP contribution in [0, 0.1) is 13.8 Å². The Morgan fingerprint density at radius 1 is 1.61 bits per heavy atom. The predicted octanol–water partition coefficient (Wildman–Crippen LogP) is 1.36. The van der Waals surface area contributed by atoms with Crippen molar-refractivity contribution in [2.75, 3.05) is 14.2 Å². The molecule has 18 heavy (non-hydrogen) atoms. The van der Waals surface area contributed by atoms with Gasteiger partial charge in [0.1, 0.15) is 5.54 Å². The van der Waals surface area contributed by atoms with Gasteiger partial charge in [-0.3, -0.25) is 4.79 Å². The van der Waals surface area contributed by atoms with Gasteiger partial charge in [-0.25, -0.2) is 4.98 Å². The average Bonchev–Trinajstić information content (AvgIpc) is 2.95. The summed E-state index contributed by atoms with van der Waals surface area (Å²) in [6.45, 7) is 4.08. The number of hydrogen-bond acceptors (Lipinski definition) is 4. The van der Waals surface area contributed by atoms with Crippen LogP contribution in [0.4, 0.5) is 0 Å². The molecule has 1 aliphatic carbocycles. The molecule has 1 saturated carbocycles. The Labute approximate surface area is 108 Å². The van der Waals surface area contributed by atoms with Crippen LogP contribution in [0.25, 0.3) is 0 Å². The summed E-state index contributed by atoms with van der Waals surface area (Å²) in [6.07, 6.45) is 4.40. The van der Waals surface area contributed by atoms with Gasteiger partial charge in [0.25, 0.3) is 0 Å². The molecule has 0 spiro atoms. The predicted molar refractivity (Wildman–Crippen MR) is 68.4 cm³/mol. The van der Waals surface area contributed by atoms with E-state index >= 15 is 0 Å². The molecule has 1 aliphatic rings. The lowest BCUT2D eigenvalue weighted by molar-refractivity contribution is -0.148. The Bertz CT molecular complexity index is 455. The van der Waals surface area contributed by atoms with Gasteiger partial charge in [0, 0.05) is 11.7 Å². The second-order valence-electron chi connectivity index (χ2n) is 5.04. The number of ether oxygens (including phenoxy) is 1. The zero-order valence-electron chi connectivity index (χ0n) is 11.5. The molecule has 0 amide bonds. The minimum absolute atomic E-state index is 0.165. The van der Waals surface area contributed by atoms with E-state index in [-0.39, 0.29) is 5.97 Å². The number of methoxy groups -OCH3 is 1. The van der Waals surface area contributed by atoms with E-state index in [0.717, 1.165) is 25.0 Å². The summed E-state index contributed by atoms with van der Waals surface area (Å²) in [5.74, 6) is -0.165. The highest BCUT2D eigenvalue weighted by Gasteiger charge is 2.45. The summed E-state index contributed by atoms with van der Waals surface area (Å²) in [4.78, 5) is 16.3. The third-order valence-corrected chi connectivity index (χ3v) is 4.22. The number of likely N-dealkylation sites (N-methyl/N-ethyl adjacent to an activating group) is 1. The molecule has 0 aromatic carbocycles. The van der Waals surface area contributed by atoms with Crippen molar-refractivity contribution in [2.24, 2.45) is 0 Å². The standard InChI is InChI=1S/C13H21N3O2/c1-9-10(2)16(8-15-9)11-5-6-13(7-11,14-3)12(17)18-4/h8,11,14H,5-7H2,1-4H3.